The van der Waals surface area contributed by atoms with Gasteiger partial charge in [0.25, 0.3) is 0 Å². The Kier molecular flexibility index (Phi) is 12.6. The monoisotopic (exact) mass is 669 g/mol. The molecular weight excluding hydrogens is 622 g/mol. The van der Waals surface area contributed by atoms with Gasteiger partial charge >= 0.3 is 0 Å². The number of nitrogens with zero attached hydrogens (tertiary/aromatic N) is 4. The average Bonchev–Trinajstić information content (AvgIpc) is 3.79. The van der Waals surface area contributed by atoms with Crippen molar-refractivity contribution in [1.29, 1.82) is 0 Å². The summed E-state index contributed by atoms with van der Waals surface area (Å²) in [6.45, 7) is 6.03. The molecule has 47 heavy (non-hydrogen) atoms. The van der Waals surface area contributed by atoms with Crippen LogP contribution in [0.5, 0.6) is 0 Å². The van der Waals surface area contributed by atoms with E-state index in [4.69, 9.17) is 21.8 Å². The Labute approximate surface area is 281 Å². The maximum absolute atomic E-state index is 14.3. The summed E-state index contributed by atoms with van der Waals surface area (Å²) >= 11 is 6.40. The van der Waals surface area contributed by atoms with E-state index in [-0.39, 0.29) is 42.4 Å². The Hall–Kier alpha value is -3.77. The molecule has 4 N–H and O–H groups in total. The van der Waals surface area contributed by atoms with Crippen LogP contribution in [0.1, 0.15) is 70.2 Å². The second kappa shape index (κ2) is 16.4. The Morgan fingerprint density at radius 3 is 2.55 bits per heavy atom. The number of hydrogen-bond donors (Lipinski definition) is 3. The first kappa shape index (κ1) is 36.1. The molecule has 2 aliphatic rings. The number of aromatic nitrogens is 2. The third-order valence-corrected chi connectivity index (χ3v) is 9.07. The van der Waals surface area contributed by atoms with Gasteiger partial charge in [-0.25, -0.2) is 0 Å². The van der Waals surface area contributed by atoms with Gasteiger partial charge in [0.1, 0.15) is 18.1 Å². The van der Waals surface area contributed by atoms with E-state index in [1.54, 1.807) is 39.2 Å². The molecule has 4 amide bonds. The molecule has 1 fully saturated rings. The van der Waals surface area contributed by atoms with Crippen LogP contribution in [0.3, 0.4) is 0 Å². The topological polar surface area (TPSA) is 164 Å². The first-order valence-corrected chi connectivity index (χ1v) is 16.9. The van der Waals surface area contributed by atoms with Gasteiger partial charge in [0, 0.05) is 44.6 Å². The molecule has 0 radical (unpaired) electrons. The Morgan fingerprint density at radius 1 is 1.15 bits per heavy atom. The SMILES string of the molecule is Cc1nnc(-c2ccc(Cl)cc2C[C@H]2C(=O)NCCCC/C=C\C[C@H](N(C)C(=O)[C@@H](N)C3CC3)C(=O)N[C@@H](CC(C)C)C(=O)N2C)o1. The Morgan fingerprint density at radius 2 is 1.89 bits per heavy atom. The maximum Gasteiger partial charge on any atom is 0.247 e. The van der Waals surface area contributed by atoms with Gasteiger partial charge in [0.2, 0.25) is 35.4 Å². The molecule has 1 aliphatic carbocycles. The number of aryl methyl sites for hydroxylation is 1. The quantitative estimate of drug-likeness (QED) is 0.360. The highest BCUT2D eigenvalue weighted by molar-refractivity contribution is 6.30. The summed E-state index contributed by atoms with van der Waals surface area (Å²) in [5.74, 6) is -0.651. The van der Waals surface area contributed by atoms with Gasteiger partial charge in [-0.1, -0.05) is 37.6 Å². The van der Waals surface area contributed by atoms with E-state index in [0.717, 1.165) is 32.1 Å². The fraction of sp³-hybridized carbons (Fsp3) is 0.588. The highest BCUT2D eigenvalue weighted by atomic mass is 35.5. The third kappa shape index (κ3) is 9.63. The van der Waals surface area contributed by atoms with Gasteiger partial charge in [0.05, 0.1) is 6.04 Å². The largest absolute Gasteiger partial charge is 0.421 e. The number of amides is 4. The number of benzene rings is 1. The molecule has 4 rings (SSSR count). The molecule has 0 spiro atoms. The van der Waals surface area contributed by atoms with E-state index in [0.29, 0.717) is 35.0 Å². The van der Waals surface area contributed by atoms with Crippen molar-refractivity contribution in [3.63, 3.8) is 0 Å². The van der Waals surface area contributed by atoms with Gasteiger partial charge in [0.15, 0.2) is 0 Å². The number of hydrogen-bond acceptors (Lipinski definition) is 8. The molecule has 2 heterocycles. The minimum atomic E-state index is -0.945. The number of allylic oxidation sites excluding steroid dienone is 1. The predicted molar refractivity (Wildman–Crippen MR) is 179 cm³/mol. The molecule has 1 aliphatic heterocycles. The average molecular weight is 670 g/mol. The van der Waals surface area contributed by atoms with Crippen LogP contribution in [-0.2, 0) is 25.6 Å². The first-order valence-electron chi connectivity index (χ1n) is 16.5. The number of rotatable bonds is 8. The van der Waals surface area contributed by atoms with Crippen LogP contribution in [0, 0.1) is 18.8 Å². The summed E-state index contributed by atoms with van der Waals surface area (Å²) in [5, 5.41) is 14.5. The predicted octanol–water partition coefficient (Wildman–Crippen LogP) is 3.41. The van der Waals surface area contributed by atoms with Crippen molar-refractivity contribution in [3.05, 3.63) is 46.8 Å². The lowest BCUT2D eigenvalue weighted by atomic mass is 9.96. The standard InChI is InChI=1S/C34H48ClN7O5/c1-20(2)17-26-33(45)42(5)28(19-23-18-24(35)14-15-25(23)32-40-39-21(3)47-32)30(43)37-16-10-8-6-7-9-11-27(31(44)38-26)41(4)34(46)29(36)22-12-13-22/h7,9,14-15,18,20,22,26-29H,6,8,10-13,16-17,19,36H2,1-5H3,(H,37,43)(H,38,44)/b9-7-/t26-,27-,28-,29-/m0/s1. The van der Waals surface area contributed by atoms with Crippen molar-refractivity contribution >= 4 is 35.2 Å². The van der Waals surface area contributed by atoms with Crippen LogP contribution in [0.4, 0.5) is 0 Å². The van der Waals surface area contributed by atoms with E-state index in [9.17, 15) is 19.2 Å². The first-order chi connectivity index (χ1) is 22.4. The van der Waals surface area contributed by atoms with Gasteiger partial charge < -0.3 is 30.6 Å². The summed E-state index contributed by atoms with van der Waals surface area (Å²) in [4.78, 5) is 58.0. The number of nitrogens with one attached hydrogen (secondary N) is 2. The highest BCUT2D eigenvalue weighted by Crippen LogP contribution is 2.32. The maximum atomic E-state index is 14.3. The summed E-state index contributed by atoms with van der Waals surface area (Å²) in [6, 6.07) is 1.78. The number of likely N-dealkylation sites (N-methyl/N-ethyl adjacent to an activating group) is 2. The molecule has 256 valence electrons. The zero-order chi connectivity index (χ0) is 34.2. The van der Waals surface area contributed by atoms with Crippen LogP contribution in [0.2, 0.25) is 5.02 Å². The zero-order valence-corrected chi connectivity index (χ0v) is 28.8. The molecule has 1 saturated carbocycles. The van der Waals surface area contributed by atoms with Crippen molar-refractivity contribution in [2.24, 2.45) is 17.6 Å². The molecule has 12 nitrogen and oxygen atoms in total. The molecule has 1 aromatic heterocycles. The van der Waals surface area contributed by atoms with E-state index in [1.165, 1.54) is 9.80 Å². The molecule has 13 heteroatoms. The minimum Gasteiger partial charge on any atom is -0.421 e. The van der Waals surface area contributed by atoms with Gasteiger partial charge in [-0.2, -0.15) is 0 Å². The van der Waals surface area contributed by atoms with Crippen LogP contribution in [0.25, 0.3) is 11.5 Å². The fourth-order valence-corrected chi connectivity index (χ4v) is 6.06. The number of carbonyl (C=O) groups excluding carboxylic acids is 4. The number of nitrogens with two attached hydrogens (primary N) is 1. The zero-order valence-electron chi connectivity index (χ0n) is 28.0. The normalized spacial score (nSPS) is 23.3. The summed E-state index contributed by atoms with van der Waals surface area (Å²) < 4.78 is 5.69. The highest BCUT2D eigenvalue weighted by Gasteiger charge is 2.39. The number of halogens is 1. The van der Waals surface area contributed by atoms with Crippen molar-refractivity contribution in [3.8, 4) is 11.5 Å². The van der Waals surface area contributed by atoms with Crippen molar-refractivity contribution < 1.29 is 23.6 Å². The fourth-order valence-electron chi connectivity index (χ4n) is 5.87. The molecule has 1 aromatic carbocycles. The second-order valence-corrected chi connectivity index (χ2v) is 13.5. The molecule has 0 unspecified atom stereocenters. The molecule has 0 saturated heterocycles. The van der Waals surface area contributed by atoms with Crippen LogP contribution in [-0.4, -0.2) is 88.4 Å². The number of carbonyl (C=O) groups is 4. The summed E-state index contributed by atoms with van der Waals surface area (Å²) in [5.41, 5.74) is 7.50. The molecule has 0 bridgehead atoms. The Bertz CT molecular complexity index is 1460. The van der Waals surface area contributed by atoms with Crippen molar-refractivity contribution in [2.75, 3.05) is 20.6 Å². The molecule has 4 atom stereocenters. The van der Waals surface area contributed by atoms with Crippen LogP contribution >= 0.6 is 11.6 Å². The van der Waals surface area contributed by atoms with E-state index >= 15 is 0 Å². The van der Waals surface area contributed by atoms with E-state index < -0.39 is 36.0 Å². The Balaban J connectivity index is 1.67. The third-order valence-electron chi connectivity index (χ3n) is 8.83. The van der Waals surface area contributed by atoms with Crippen molar-refractivity contribution in [2.45, 2.75) is 96.3 Å². The van der Waals surface area contributed by atoms with Crippen molar-refractivity contribution in [1.82, 2.24) is 30.6 Å². The van der Waals surface area contributed by atoms with Gasteiger partial charge in [-0.15, -0.1) is 10.2 Å². The lowest BCUT2D eigenvalue weighted by molar-refractivity contribution is -0.144. The van der Waals surface area contributed by atoms with Gasteiger partial charge in [-0.05, 0) is 80.5 Å². The van der Waals surface area contributed by atoms with Crippen LogP contribution < -0.4 is 16.4 Å². The summed E-state index contributed by atoms with van der Waals surface area (Å²) in [7, 11) is 3.17. The summed E-state index contributed by atoms with van der Waals surface area (Å²) in [6.07, 6.45) is 8.68. The molecular formula is C34H48ClN7O5. The van der Waals surface area contributed by atoms with Gasteiger partial charge in [-0.3, -0.25) is 19.2 Å². The van der Waals surface area contributed by atoms with E-state index in [1.807, 2.05) is 26.0 Å². The van der Waals surface area contributed by atoms with Crippen LogP contribution in [0.15, 0.2) is 34.8 Å². The molecule has 2 aromatic rings. The minimum absolute atomic E-state index is 0.0387. The second-order valence-electron chi connectivity index (χ2n) is 13.1. The lowest BCUT2D eigenvalue weighted by Gasteiger charge is -2.34. The lowest BCUT2D eigenvalue weighted by Crippen LogP contribution is -2.58. The van der Waals surface area contributed by atoms with E-state index in [2.05, 4.69) is 20.8 Å². The smallest absolute Gasteiger partial charge is 0.247 e.